The van der Waals surface area contributed by atoms with Crippen LogP contribution in [0.1, 0.15) is 55.8 Å². The van der Waals surface area contributed by atoms with Gasteiger partial charge in [0, 0.05) is 55.0 Å². The molecule has 2 unspecified atom stereocenters. The summed E-state index contributed by atoms with van der Waals surface area (Å²) in [5.74, 6) is -0.435. The summed E-state index contributed by atoms with van der Waals surface area (Å²) in [5, 5.41) is 0. The van der Waals surface area contributed by atoms with Gasteiger partial charge < -0.3 is 5.73 Å². The topological polar surface area (TPSA) is 94.7 Å². The number of fused-ring (bicyclic) bond motifs is 1. The quantitative estimate of drug-likeness (QED) is 0.236. The summed E-state index contributed by atoms with van der Waals surface area (Å²) in [7, 11) is 0. The van der Waals surface area contributed by atoms with E-state index in [-0.39, 0.29) is 11.8 Å². The van der Waals surface area contributed by atoms with Gasteiger partial charge in [-0.2, -0.15) is 0 Å². The standard InChI is InChI=1S/C35H29N5O/c36-35(41)26-15-16-31-32(19-26)40-34(21-30(25-11-5-2-6-12-25)28-14-8-18-38-23-28)33(39-31)20-29(24-9-3-1-4-10-24)27-13-7-17-37-22-27/h1-19,22-23,29-30H,20-21H2,(H2,36,41). The van der Waals surface area contributed by atoms with Crippen molar-refractivity contribution in [2.45, 2.75) is 24.7 Å². The summed E-state index contributed by atoms with van der Waals surface area (Å²) in [6, 6.07) is 34.3. The maximum Gasteiger partial charge on any atom is 0.248 e. The van der Waals surface area contributed by atoms with Crippen molar-refractivity contribution in [1.82, 2.24) is 19.9 Å². The van der Waals surface area contributed by atoms with Crippen LogP contribution in [0.25, 0.3) is 11.0 Å². The van der Waals surface area contributed by atoms with E-state index in [0.29, 0.717) is 23.9 Å². The van der Waals surface area contributed by atoms with Gasteiger partial charge in [-0.25, -0.2) is 9.97 Å². The molecule has 0 saturated carbocycles. The maximum absolute atomic E-state index is 12.0. The number of aromatic nitrogens is 4. The summed E-state index contributed by atoms with van der Waals surface area (Å²) >= 11 is 0. The zero-order chi connectivity index (χ0) is 28.0. The molecule has 6 heteroatoms. The van der Waals surface area contributed by atoms with E-state index in [1.165, 1.54) is 11.1 Å². The smallest absolute Gasteiger partial charge is 0.248 e. The number of amides is 1. The Morgan fingerprint density at radius 1 is 0.585 bits per heavy atom. The lowest BCUT2D eigenvalue weighted by Gasteiger charge is -2.22. The lowest BCUT2D eigenvalue weighted by atomic mass is 9.84. The molecule has 0 aliphatic carbocycles. The minimum absolute atomic E-state index is 0.0169. The first-order valence-corrected chi connectivity index (χ1v) is 13.6. The molecule has 0 saturated heterocycles. The molecule has 3 aromatic heterocycles. The van der Waals surface area contributed by atoms with Crippen LogP contribution >= 0.6 is 0 Å². The van der Waals surface area contributed by atoms with E-state index in [1.807, 2.05) is 42.7 Å². The second kappa shape index (κ2) is 11.9. The Kier molecular flexibility index (Phi) is 7.54. The zero-order valence-corrected chi connectivity index (χ0v) is 22.5. The molecule has 2 N–H and O–H groups in total. The molecule has 6 aromatic rings. The van der Waals surface area contributed by atoms with Crippen LogP contribution in [0.3, 0.4) is 0 Å². The molecular weight excluding hydrogens is 506 g/mol. The van der Waals surface area contributed by atoms with Crippen LogP contribution in [-0.4, -0.2) is 25.8 Å². The number of pyridine rings is 2. The third kappa shape index (κ3) is 5.87. The number of hydrogen-bond donors (Lipinski definition) is 1. The molecule has 0 bridgehead atoms. The summed E-state index contributed by atoms with van der Waals surface area (Å²) in [6.07, 6.45) is 8.67. The second-order valence-corrected chi connectivity index (χ2v) is 10.1. The van der Waals surface area contributed by atoms with E-state index < -0.39 is 5.91 Å². The highest BCUT2D eigenvalue weighted by atomic mass is 16.1. The van der Waals surface area contributed by atoms with E-state index in [2.05, 4.69) is 70.6 Å². The van der Waals surface area contributed by atoms with E-state index in [1.54, 1.807) is 24.5 Å². The maximum atomic E-state index is 12.0. The molecular formula is C35H29N5O. The molecule has 41 heavy (non-hydrogen) atoms. The number of hydrogen-bond acceptors (Lipinski definition) is 5. The number of nitrogens with zero attached hydrogens (tertiary/aromatic N) is 4. The van der Waals surface area contributed by atoms with Gasteiger partial charge in [0.1, 0.15) is 0 Å². The molecule has 1 amide bonds. The van der Waals surface area contributed by atoms with Crippen molar-refractivity contribution in [3.8, 4) is 0 Å². The average Bonchev–Trinajstić information content (AvgIpc) is 3.03. The first-order chi connectivity index (χ1) is 20.2. The third-order valence-corrected chi connectivity index (χ3v) is 7.48. The van der Waals surface area contributed by atoms with Gasteiger partial charge in [-0.05, 0) is 52.6 Å². The fourth-order valence-electron chi connectivity index (χ4n) is 5.39. The molecule has 3 aromatic carbocycles. The number of primary amides is 1. The summed E-state index contributed by atoms with van der Waals surface area (Å²) in [5.41, 5.74) is 13.7. The number of carbonyl (C=O) groups excluding carboxylic acids is 1. The van der Waals surface area contributed by atoms with E-state index in [9.17, 15) is 4.79 Å². The van der Waals surface area contributed by atoms with Crippen molar-refractivity contribution in [2.75, 3.05) is 0 Å². The minimum atomic E-state index is -0.488. The minimum Gasteiger partial charge on any atom is -0.366 e. The number of nitrogens with two attached hydrogens (primary N) is 1. The monoisotopic (exact) mass is 535 g/mol. The first-order valence-electron chi connectivity index (χ1n) is 13.6. The Bertz CT molecular complexity index is 1680. The number of carbonyl (C=O) groups is 1. The van der Waals surface area contributed by atoms with Crippen LogP contribution in [-0.2, 0) is 12.8 Å². The van der Waals surface area contributed by atoms with Crippen LogP contribution in [0, 0.1) is 0 Å². The van der Waals surface area contributed by atoms with Gasteiger partial charge in [-0.15, -0.1) is 0 Å². The number of benzene rings is 3. The highest BCUT2D eigenvalue weighted by Gasteiger charge is 2.23. The molecule has 0 fully saturated rings. The van der Waals surface area contributed by atoms with Crippen LogP contribution in [0.2, 0.25) is 0 Å². The molecule has 0 aliphatic rings. The van der Waals surface area contributed by atoms with Crippen LogP contribution < -0.4 is 5.73 Å². The average molecular weight is 536 g/mol. The van der Waals surface area contributed by atoms with Crippen LogP contribution in [0.5, 0.6) is 0 Å². The van der Waals surface area contributed by atoms with Gasteiger partial charge in [0.05, 0.1) is 22.4 Å². The fraction of sp³-hybridized carbons (Fsp3) is 0.114. The van der Waals surface area contributed by atoms with E-state index in [0.717, 1.165) is 28.0 Å². The Hall–Kier alpha value is -5.23. The first kappa shape index (κ1) is 26.0. The highest BCUT2D eigenvalue weighted by Crippen LogP contribution is 2.33. The lowest BCUT2D eigenvalue weighted by molar-refractivity contribution is 0.100. The van der Waals surface area contributed by atoms with Crippen LogP contribution in [0.4, 0.5) is 0 Å². The van der Waals surface area contributed by atoms with Gasteiger partial charge >= 0.3 is 0 Å². The molecule has 0 aliphatic heterocycles. The molecule has 2 atom stereocenters. The zero-order valence-electron chi connectivity index (χ0n) is 22.5. The van der Waals surface area contributed by atoms with Crippen molar-refractivity contribution in [2.24, 2.45) is 5.73 Å². The largest absolute Gasteiger partial charge is 0.366 e. The number of rotatable bonds is 9. The summed E-state index contributed by atoms with van der Waals surface area (Å²) in [6.45, 7) is 0. The molecule has 200 valence electrons. The van der Waals surface area contributed by atoms with Crippen molar-refractivity contribution in [1.29, 1.82) is 0 Å². The normalized spacial score (nSPS) is 12.6. The summed E-state index contributed by atoms with van der Waals surface area (Å²) < 4.78 is 0. The molecule has 0 radical (unpaired) electrons. The lowest BCUT2D eigenvalue weighted by Crippen LogP contribution is -2.15. The van der Waals surface area contributed by atoms with Gasteiger partial charge in [0.15, 0.2) is 0 Å². The summed E-state index contributed by atoms with van der Waals surface area (Å²) in [4.78, 5) is 31.1. The van der Waals surface area contributed by atoms with Gasteiger partial charge in [0.25, 0.3) is 0 Å². The van der Waals surface area contributed by atoms with Gasteiger partial charge in [-0.1, -0.05) is 72.8 Å². The Labute approximate surface area is 239 Å². The van der Waals surface area contributed by atoms with E-state index >= 15 is 0 Å². The van der Waals surface area contributed by atoms with Crippen LogP contribution in [0.15, 0.2) is 128 Å². The predicted octanol–water partition coefficient (Wildman–Crippen LogP) is 6.27. The second-order valence-electron chi connectivity index (χ2n) is 10.1. The highest BCUT2D eigenvalue weighted by molar-refractivity contribution is 5.96. The molecule has 0 spiro atoms. The Morgan fingerprint density at radius 2 is 1.07 bits per heavy atom. The fourth-order valence-corrected chi connectivity index (χ4v) is 5.39. The van der Waals surface area contributed by atoms with Gasteiger partial charge in [-0.3, -0.25) is 14.8 Å². The Balaban J connectivity index is 1.50. The molecule has 3 heterocycles. The van der Waals surface area contributed by atoms with Crippen molar-refractivity contribution in [3.05, 3.63) is 167 Å². The molecule has 6 rings (SSSR count). The van der Waals surface area contributed by atoms with Crippen molar-refractivity contribution < 1.29 is 4.79 Å². The SMILES string of the molecule is NC(=O)c1ccc2nc(CC(c3ccccc3)c3cccnc3)c(CC(c3ccccc3)c3cccnc3)nc2c1. The molecule has 6 nitrogen and oxygen atoms in total. The third-order valence-electron chi connectivity index (χ3n) is 7.48. The van der Waals surface area contributed by atoms with Crippen molar-refractivity contribution >= 4 is 16.9 Å². The predicted molar refractivity (Wildman–Crippen MR) is 161 cm³/mol. The van der Waals surface area contributed by atoms with Gasteiger partial charge in [0.2, 0.25) is 5.91 Å². The Morgan fingerprint density at radius 3 is 1.54 bits per heavy atom. The van der Waals surface area contributed by atoms with E-state index in [4.69, 9.17) is 15.7 Å². The van der Waals surface area contributed by atoms with Crippen molar-refractivity contribution in [3.63, 3.8) is 0 Å².